The molecule has 136 valence electrons. The van der Waals surface area contributed by atoms with Crippen LogP contribution in [0, 0.1) is 5.92 Å². The lowest BCUT2D eigenvalue weighted by molar-refractivity contribution is 0.179. The molecular formula is C20H30N4O. The molecule has 0 bridgehead atoms. The smallest absolute Gasteiger partial charge is 0.316 e. The van der Waals surface area contributed by atoms with Crippen molar-refractivity contribution in [3.63, 3.8) is 0 Å². The average Bonchev–Trinajstić information content (AvgIpc) is 2.99. The van der Waals surface area contributed by atoms with Crippen molar-refractivity contribution in [3.8, 4) is 0 Å². The molecule has 2 fully saturated rings. The molecule has 1 aromatic heterocycles. The maximum absolute atomic E-state index is 12.4. The third-order valence-electron chi connectivity index (χ3n) is 6.03. The first-order chi connectivity index (χ1) is 12.3. The second kappa shape index (κ2) is 7.75. The van der Waals surface area contributed by atoms with Gasteiger partial charge in [0, 0.05) is 19.1 Å². The Morgan fingerprint density at radius 2 is 1.96 bits per heavy atom. The molecule has 0 spiro atoms. The van der Waals surface area contributed by atoms with E-state index in [0.29, 0.717) is 6.04 Å². The van der Waals surface area contributed by atoms with Crippen LogP contribution in [0.25, 0.3) is 11.0 Å². The number of nitrogens with zero attached hydrogens (tertiary/aromatic N) is 2. The van der Waals surface area contributed by atoms with Gasteiger partial charge in [0.25, 0.3) is 0 Å². The standard InChI is InChI=1S/C20H30N4O/c25-20-22-18-7-1-2-8-19(18)24(20)17-9-13-23(14-10-17)12-4-6-16-5-3-11-21-15-16/h1-2,7-8,16-17,21H,3-6,9-15H2,(H,22,25). The van der Waals surface area contributed by atoms with Crippen LogP contribution in [0.3, 0.4) is 0 Å². The minimum atomic E-state index is 0.0458. The van der Waals surface area contributed by atoms with Crippen LogP contribution in [0.1, 0.15) is 44.6 Å². The first kappa shape index (κ1) is 16.9. The van der Waals surface area contributed by atoms with Crippen molar-refractivity contribution in [3.05, 3.63) is 34.7 Å². The summed E-state index contributed by atoms with van der Waals surface area (Å²) in [5, 5.41) is 3.52. The lowest BCUT2D eigenvalue weighted by Crippen LogP contribution is -2.37. The molecule has 5 nitrogen and oxygen atoms in total. The average molecular weight is 342 g/mol. The Balaban J connectivity index is 1.29. The highest BCUT2D eigenvalue weighted by molar-refractivity contribution is 5.75. The molecule has 25 heavy (non-hydrogen) atoms. The molecule has 0 saturated carbocycles. The third-order valence-corrected chi connectivity index (χ3v) is 6.03. The molecule has 2 saturated heterocycles. The highest BCUT2D eigenvalue weighted by Crippen LogP contribution is 2.25. The number of piperidine rings is 2. The maximum atomic E-state index is 12.4. The third kappa shape index (κ3) is 3.82. The Hall–Kier alpha value is -1.59. The fourth-order valence-electron chi connectivity index (χ4n) is 4.61. The molecule has 2 aliphatic rings. The van der Waals surface area contributed by atoms with Crippen LogP contribution in [0.2, 0.25) is 0 Å². The summed E-state index contributed by atoms with van der Waals surface area (Å²) < 4.78 is 1.99. The number of aromatic nitrogens is 2. The van der Waals surface area contributed by atoms with Gasteiger partial charge >= 0.3 is 5.69 Å². The van der Waals surface area contributed by atoms with Gasteiger partial charge < -0.3 is 15.2 Å². The van der Waals surface area contributed by atoms with Crippen LogP contribution in [0.4, 0.5) is 0 Å². The Bertz CT molecular complexity index is 735. The molecule has 1 aromatic carbocycles. The van der Waals surface area contributed by atoms with E-state index in [1.54, 1.807) is 0 Å². The van der Waals surface area contributed by atoms with E-state index < -0.39 is 0 Å². The van der Waals surface area contributed by atoms with Crippen LogP contribution >= 0.6 is 0 Å². The quantitative estimate of drug-likeness (QED) is 0.878. The molecule has 0 aliphatic carbocycles. The van der Waals surface area contributed by atoms with Gasteiger partial charge in [-0.15, -0.1) is 0 Å². The summed E-state index contributed by atoms with van der Waals surface area (Å²) in [6.07, 6.45) is 7.56. The van der Waals surface area contributed by atoms with Crippen LogP contribution in [-0.4, -0.2) is 47.2 Å². The second-order valence-corrected chi connectivity index (χ2v) is 7.74. The zero-order chi connectivity index (χ0) is 17.1. The van der Waals surface area contributed by atoms with Crippen molar-refractivity contribution in [2.45, 2.75) is 44.6 Å². The minimum Gasteiger partial charge on any atom is -0.316 e. The Labute approximate surface area is 149 Å². The largest absolute Gasteiger partial charge is 0.326 e. The minimum absolute atomic E-state index is 0.0458. The van der Waals surface area contributed by atoms with Crippen molar-refractivity contribution >= 4 is 11.0 Å². The number of aromatic amines is 1. The summed E-state index contributed by atoms with van der Waals surface area (Å²) in [4.78, 5) is 17.9. The number of hydrogen-bond acceptors (Lipinski definition) is 3. The molecule has 1 atom stereocenters. The van der Waals surface area contributed by atoms with Gasteiger partial charge in [0.2, 0.25) is 0 Å². The zero-order valence-corrected chi connectivity index (χ0v) is 15.0. The molecule has 2 N–H and O–H groups in total. The molecule has 3 heterocycles. The SMILES string of the molecule is O=c1[nH]c2ccccc2n1C1CCN(CCCC2CCCNC2)CC1. The normalized spacial score (nSPS) is 23.3. The fraction of sp³-hybridized carbons (Fsp3) is 0.650. The number of likely N-dealkylation sites (tertiary alicyclic amines) is 1. The number of hydrogen-bond donors (Lipinski definition) is 2. The van der Waals surface area contributed by atoms with Crippen LogP contribution in [0.15, 0.2) is 29.1 Å². The second-order valence-electron chi connectivity index (χ2n) is 7.74. The number of para-hydroxylation sites is 2. The first-order valence-corrected chi connectivity index (χ1v) is 9.93. The van der Waals surface area contributed by atoms with Crippen LogP contribution in [-0.2, 0) is 0 Å². The van der Waals surface area contributed by atoms with Gasteiger partial charge in [-0.1, -0.05) is 12.1 Å². The Morgan fingerprint density at radius 3 is 2.76 bits per heavy atom. The van der Waals surface area contributed by atoms with E-state index in [1.807, 2.05) is 22.8 Å². The summed E-state index contributed by atoms with van der Waals surface area (Å²) in [6.45, 7) is 5.85. The van der Waals surface area contributed by atoms with Crippen LogP contribution < -0.4 is 11.0 Å². The van der Waals surface area contributed by atoms with E-state index in [1.165, 1.54) is 45.3 Å². The van der Waals surface area contributed by atoms with E-state index in [0.717, 1.165) is 42.9 Å². The van der Waals surface area contributed by atoms with E-state index in [2.05, 4.69) is 21.3 Å². The maximum Gasteiger partial charge on any atom is 0.326 e. The number of rotatable bonds is 5. The summed E-state index contributed by atoms with van der Waals surface area (Å²) in [6, 6.07) is 8.37. The summed E-state index contributed by atoms with van der Waals surface area (Å²) in [5.74, 6) is 0.885. The van der Waals surface area contributed by atoms with E-state index >= 15 is 0 Å². The van der Waals surface area contributed by atoms with Gasteiger partial charge in [-0.2, -0.15) is 0 Å². The topological polar surface area (TPSA) is 53.1 Å². The molecule has 5 heteroatoms. The predicted molar refractivity (Wildman–Crippen MR) is 102 cm³/mol. The van der Waals surface area contributed by atoms with Crippen molar-refractivity contribution in [2.24, 2.45) is 5.92 Å². The van der Waals surface area contributed by atoms with Gasteiger partial charge in [0.05, 0.1) is 11.0 Å². The number of imidazole rings is 1. The van der Waals surface area contributed by atoms with Gasteiger partial charge in [-0.25, -0.2) is 4.79 Å². The monoisotopic (exact) mass is 342 g/mol. The van der Waals surface area contributed by atoms with E-state index in [4.69, 9.17) is 0 Å². The Kier molecular flexibility index (Phi) is 5.22. The fourth-order valence-corrected chi connectivity index (χ4v) is 4.61. The molecule has 2 aliphatic heterocycles. The Morgan fingerprint density at radius 1 is 1.12 bits per heavy atom. The van der Waals surface area contributed by atoms with Gasteiger partial charge in [0.1, 0.15) is 0 Å². The van der Waals surface area contributed by atoms with Crippen molar-refractivity contribution in [1.82, 2.24) is 19.8 Å². The molecule has 4 rings (SSSR count). The van der Waals surface area contributed by atoms with Crippen molar-refractivity contribution < 1.29 is 0 Å². The molecule has 0 radical (unpaired) electrons. The molecule has 1 unspecified atom stereocenters. The first-order valence-electron chi connectivity index (χ1n) is 9.93. The van der Waals surface area contributed by atoms with Gasteiger partial charge in [-0.3, -0.25) is 4.57 Å². The van der Waals surface area contributed by atoms with Gasteiger partial charge in [0.15, 0.2) is 0 Å². The van der Waals surface area contributed by atoms with Crippen LogP contribution in [0.5, 0.6) is 0 Å². The number of fused-ring (bicyclic) bond motifs is 1. The highest BCUT2D eigenvalue weighted by Gasteiger charge is 2.23. The summed E-state index contributed by atoms with van der Waals surface area (Å²) in [7, 11) is 0. The number of nitrogens with one attached hydrogen (secondary N) is 2. The number of benzene rings is 1. The molecule has 2 aromatic rings. The lowest BCUT2D eigenvalue weighted by Gasteiger charge is -2.33. The van der Waals surface area contributed by atoms with E-state index in [-0.39, 0.29) is 5.69 Å². The van der Waals surface area contributed by atoms with E-state index in [9.17, 15) is 4.79 Å². The van der Waals surface area contributed by atoms with Crippen molar-refractivity contribution in [2.75, 3.05) is 32.7 Å². The summed E-state index contributed by atoms with van der Waals surface area (Å²) >= 11 is 0. The zero-order valence-electron chi connectivity index (χ0n) is 15.0. The predicted octanol–water partition coefficient (Wildman–Crippen LogP) is 2.75. The summed E-state index contributed by atoms with van der Waals surface area (Å²) in [5.41, 5.74) is 2.05. The highest BCUT2D eigenvalue weighted by atomic mass is 16.1. The lowest BCUT2D eigenvalue weighted by atomic mass is 9.94. The van der Waals surface area contributed by atoms with Gasteiger partial charge in [-0.05, 0) is 76.2 Å². The molecular weight excluding hydrogens is 312 g/mol. The number of H-pyrrole nitrogens is 1. The molecule has 0 amide bonds. The van der Waals surface area contributed by atoms with Crippen molar-refractivity contribution in [1.29, 1.82) is 0 Å².